The predicted octanol–water partition coefficient (Wildman–Crippen LogP) is 15.2. The van der Waals surface area contributed by atoms with Crippen molar-refractivity contribution in [2.24, 2.45) is 0 Å². The maximum atomic E-state index is 5.12. The normalized spacial score (nSPS) is 11.7. The first-order valence-electron chi connectivity index (χ1n) is 19.9. The Hall–Kier alpha value is -7.53. The van der Waals surface area contributed by atoms with Crippen LogP contribution in [0.5, 0.6) is 0 Å². The second-order valence-electron chi connectivity index (χ2n) is 15.1. The molecule has 0 saturated heterocycles. The van der Waals surface area contributed by atoms with Crippen molar-refractivity contribution in [1.82, 2.24) is 15.0 Å². The van der Waals surface area contributed by atoms with Crippen LogP contribution in [0, 0.1) is 0 Å². The van der Waals surface area contributed by atoms with Crippen LogP contribution in [0.1, 0.15) is 0 Å². The summed E-state index contributed by atoms with van der Waals surface area (Å²) < 4.78 is 2.63. The first-order valence-corrected chi connectivity index (χ1v) is 20.8. The first kappa shape index (κ1) is 33.6. The van der Waals surface area contributed by atoms with E-state index in [0.29, 0.717) is 17.5 Å². The van der Waals surface area contributed by atoms with Crippen molar-refractivity contribution in [3.05, 3.63) is 200 Å². The van der Waals surface area contributed by atoms with Crippen LogP contribution in [-0.2, 0) is 0 Å². The molecule has 0 amide bonds. The number of hydrogen-bond acceptors (Lipinski definition) is 4. The summed E-state index contributed by atoms with van der Waals surface area (Å²) in [5.41, 5.74) is 7.78. The molecule has 0 atom stereocenters. The summed E-state index contributed by atoms with van der Waals surface area (Å²) in [6.45, 7) is 0. The molecule has 0 aliphatic heterocycles. The molecule has 0 bridgehead atoms. The smallest absolute Gasteiger partial charge is 0.164 e. The SMILES string of the molecule is c1ccc(-c2nc(-c3ccccc3)nc(-c3ccc(-c4cc5c6ccccc6c(-c6cccc7sc8ccccc8c67)cc5c5ccccc45)c4ccccc34)n2)cc1. The molecule has 4 heteroatoms. The third-order valence-electron chi connectivity index (χ3n) is 11.7. The molecule has 10 aromatic carbocycles. The van der Waals surface area contributed by atoms with E-state index in [-0.39, 0.29) is 0 Å². The van der Waals surface area contributed by atoms with Crippen LogP contribution in [0.25, 0.3) is 120 Å². The summed E-state index contributed by atoms with van der Waals surface area (Å²) in [7, 11) is 0. The number of rotatable bonds is 5. The summed E-state index contributed by atoms with van der Waals surface area (Å²) in [5, 5.41) is 12.3. The summed E-state index contributed by atoms with van der Waals surface area (Å²) in [4.78, 5) is 15.2. The zero-order chi connectivity index (χ0) is 38.9. The highest BCUT2D eigenvalue weighted by atomic mass is 32.1. The van der Waals surface area contributed by atoms with E-state index in [4.69, 9.17) is 15.0 Å². The van der Waals surface area contributed by atoms with Gasteiger partial charge in [0.25, 0.3) is 0 Å². The van der Waals surface area contributed by atoms with E-state index < -0.39 is 0 Å². The molecule has 0 aliphatic rings. The molecule has 12 aromatic rings. The number of benzene rings is 10. The molecule has 0 N–H and O–H groups in total. The monoisotopic (exact) mass is 767 g/mol. The van der Waals surface area contributed by atoms with Gasteiger partial charge in [0.15, 0.2) is 17.5 Å². The lowest BCUT2D eigenvalue weighted by atomic mass is 9.85. The minimum Gasteiger partial charge on any atom is -0.208 e. The average Bonchev–Trinajstić information content (AvgIpc) is 3.70. The lowest BCUT2D eigenvalue weighted by molar-refractivity contribution is 1.08. The second kappa shape index (κ2) is 13.6. The Balaban J connectivity index is 1.10. The molecule has 0 spiro atoms. The van der Waals surface area contributed by atoms with Gasteiger partial charge < -0.3 is 0 Å². The Morgan fingerprint density at radius 2 is 0.678 bits per heavy atom. The molecule has 0 unspecified atom stereocenters. The van der Waals surface area contributed by atoms with Gasteiger partial charge in [0.2, 0.25) is 0 Å². The van der Waals surface area contributed by atoms with Gasteiger partial charge >= 0.3 is 0 Å². The van der Waals surface area contributed by atoms with Gasteiger partial charge in [-0.25, -0.2) is 15.0 Å². The first-order chi connectivity index (χ1) is 29.3. The van der Waals surface area contributed by atoms with Crippen LogP contribution >= 0.6 is 11.3 Å². The van der Waals surface area contributed by atoms with Crippen molar-refractivity contribution in [2.75, 3.05) is 0 Å². The standard InChI is InChI=1S/C55H33N3S/c1-3-16-34(17-4-1)53-56-54(35-18-5-2-6-19-35)58-55(57-53)44-31-30-42(36-20-7-8-21-37(36)44)46-32-48-41-25-12-10-23-39(41)47(33-49(48)40-24-11-9-22-38(40)46)43-27-15-29-51-52(43)45-26-13-14-28-50(45)59-51/h1-33H. The largest absolute Gasteiger partial charge is 0.208 e. The molecule has 3 nitrogen and oxygen atoms in total. The molecule has 0 saturated carbocycles. The molecule has 0 aliphatic carbocycles. The lowest BCUT2D eigenvalue weighted by Crippen LogP contribution is -2.00. The fourth-order valence-corrected chi connectivity index (χ4v) is 10.2. The van der Waals surface area contributed by atoms with E-state index in [2.05, 4.69) is 164 Å². The van der Waals surface area contributed by atoms with Gasteiger partial charge in [-0.1, -0.05) is 170 Å². The third-order valence-corrected chi connectivity index (χ3v) is 12.9. The van der Waals surface area contributed by atoms with Gasteiger partial charge in [-0.2, -0.15) is 0 Å². The van der Waals surface area contributed by atoms with Gasteiger partial charge in [0, 0.05) is 36.9 Å². The highest BCUT2D eigenvalue weighted by molar-refractivity contribution is 7.25. The van der Waals surface area contributed by atoms with Crippen molar-refractivity contribution in [3.8, 4) is 56.4 Å². The van der Waals surface area contributed by atoms with Crippen LogP contribution in [-0.4, -0.2) is 15.0 Å². The molecular formula is C55H33N3S. The van der Waals surface area contributed by atoms with Crippen LogP contribution < -0.4 is 0 Å². The Morgan fingerprint density at radius 1 is 0.254 bits per heavy atom. The molecule has 0 radical (unpaired) electrons. The van der Waals surface area contributed by atoms with Crippen LogP contribution in [0.2, 0.25) is 0 Å². The maximum absolute atomic E-state index is 5.12. The van der Waals surface area contributed by atoms with Crippen LogP contribution in [0.4, 0.5) is 0 Å². The predicted molar refractivity (Wildman–Crippen MR) is 250 cm³/mol. The van der Waals surface area contributed by atoms with Crippen molar-refractivity contribution in [2.45, 2.75) is 0 Å². The molecule has 0 fully saturated rings. The molecule has 274 valence electrons. The summed E-state index contributed by atoms with van der Waals surface area (Å²) in [6, 6.07) is 71.7. The molecule has 59 heavy (non-hydrogen) atoms. The Morgan fingerprint density at radius 3 is 1.27 bits per heavy atom. The number of thiophene rings is 1. The molecular weight excluding hydrogens is 735 g/mol. The van der Waals surface area contributed by atoms with Crippen LogP contribution in [0.3, 0.4) is 0 Å². The number of aromatic nitrogens is 3. The average molecular weight is 768 g/mol. The van der Waals surface area contributed by atoms with Crippen molar-refractivity contribution in [1.29, 1.82) is 0 Å². The van der Waals surface area contributed by atoms with Crippen molar-refractivity contribution in [3.63, 3.8) is 0 Å². The Kier molecular flexibility index (Phi) is 7.72. The van der Waals surface area contributed by atoms with Gasteiger partial charge in [0.1, 0.15) is 0 Å². The van der Waals surface area contributed by atoms with Crippen molar-refractivity contribution < 1.29 is 0 Å². The highest BCUT2D eigenvalue weighted by Gasteiger charge is 2.20. The van der Waals surface area contributed by atoms with E-state index in [0.717, 1.165) is 27.5 Å². The van der Waals surface area contributed by atoms with E-state index in [1.54, 1.807) is 0 Å². The number of hydrogen-bond donors (Lipinski definition) is 0. The highest BCUT2D eigenvalue weighted by Crippen LogP contribution is 2.47. The quantitative estimate of drug-likeness (QED) is 0.164. The fraction of sp³-hybridized carbons (Fsp3) is 0. The zero-order valence-electron chi connectivity index (χ0n) is 31.8. The van der Waals surface area contributed by atoms with Gasteiger partial charge in [0.05, 0.1) is 0 Å². The third kappa shape index (κ3) is 5.45. The number of fused-ring (bicyclic) bond motifs is 9. The van der Waals surface area contributed by atoms with Gasteiger partial charge in [-0.15, -0.1) is 11.3 Å². The fourth-order valence-electron chi connectivity index (χ4n) is 9.05. The van der Waals surface area contributed by atoms with E-state index in [9.17, 15) is 0 Å². The summed E-state index contributed by atoms with van der Waals surface area (Å²) >= 11 is 1.87. The zero-order valence-corrected chi connectivity index (χ0v) is 32.6. The van der Waals surface area contributed by atoms with E-state index in [1.807, 2.05) is 47.7 Å². The van der Waals surface area contributed by atoms with Crippen molar-refractivity contribution >= 4 is 74.6 Å². The molecule has 2 heterocycles. The van der Waals surface area contributed by atoms with E-state index >= 15 is 0 Å². The Bertz CT molecular complexity index is 3550. The van der Waals surface area contributed by atoms with Crippen LogP contribution in [0.15, 0.2) is 200 Å². The second-order valence-corrected chi connectivity index (χ2v) is 16.1. The minimum atomic E-state index is 0.649. The minimum absolute atomic E-state index is 0.649. The molecule has 2 aromatic heterocycles. The lowest BCUT2D eigenvalue weighted by Gasteiger charge is -2.18. The van der Waals surface area contributed by atoms with Gasteiger partial charge in [-0.05, 0) is 95.7 Å². The summed E-state index contributed by atoms with van der Waals surface area (Å²) in [5.74, 6) is 1.95. The van der Waals surface area contributed by atoms with Gasteiger partial charge in [-0.3, -0.25) is 0 Å². The topological polar surface area (TPSA) is 38.7 Å². The maximum Gasteiger partial charge on any atom is 0.164 e. The Labute approximate surface area is 344 Å². The number of nitrogens with zero attached hydrogens (tertiary/aromatic N) is 3. The summed E-state index contributed by atoms with van der Waals surface area (Å²) in [6.07, 6.45) is 0. The molecule has 12 rings (SSSR count). The van der Waals surface area contributed by atoms with E-state index in [1.165, 1.54) is 74.7 Å².